The minimum Gasteiger partial charge on any atom is -0.465 e. The maximum Gasteiger partial charge on any atom is 0.325 e. The molecule has 0 saturated heterocycles. The van der Waals surface area contributed by atoms with E-state index in [1.165, 1.54) is 0 Å². The van der Waals surface area contributed by atoms with Crippen LogP contribution in [-0.2, 0) is 9.53 Å². The zero-order chi connectivity index (χ0) is 14.3. The summed E-state index contributed by atoms with van der Waals surface area (Å²) in [6, 6.07) is 9.56. The fourth-order valence-electron chi connectivity index (χ4n) is 2.50. The Balaban J connectivity index is 2.10. The molecule has 0 radical (unpaired) electrons. The third kappa shape index (κ3) is 1.96. The second-order valence-corrected chi connectivity index (χ2v) is 5.28. The number of hydrogen-bond donors (Lipinski definition) is 0. The van der Waals surface area contributed by atoms with E-state index in [2.05, 4.69) is 0 Å². The second-order valence-electron chi connectivity index (χ2n) is 4.49. The number of benzene rings is 2. The maximum atomic E-state index is 11.7. The molecule has 0 unspecified atom stereocenters. The average Bonchev–Trinajstić information content (AvgIpc) is 2.70. The van der Waals surface area contributed by atoms with Crippen LogP contribution in [0.25, 0.3) is 10.8 Å². The van der Waals surface area contributed by atoms with Gasteiger partial charge in [-0.25, -0.2) is 0 Å². The van der Waals surface area contributed by atoms with Crippen LogP contribution in [0.4, 0.5) is 5.69 Å². The van der Waals surface area contributed by atoms with Crippen molar-refractivity contribution >= 4 is 51.2 Å². The number of ether oxygens (including phenoxy) is 1. The van der Waals surface area contributed by atoms with Gasteiger partial charge in [-0.05, 0) is 19.1 Å². The van der Waals surface area contributed by atoms with Crippen LogP contribution in [-0.4, -0.2) is 24.1 Å². The largest absolute Gasteiger partial charge is 0.465 e. The van der Waals surface area contributed by atoms with Crippen molar-refractivity contribution in [1.29, 1.82) is 0 Å². The Morgan fingerprint density at radius 2 is 2.15 bits per heavy atom. The van der Waals surface area contributed by atoms with E-state index in [9.17, 15) is 4.79 Å². The zero-order valence-corrected chi connectivity index (χ0v) is 12.4. The molecule has 3 rings (SSSR count). The maximum absolute atomic E-state index is 11.7. The molecule has 0 N–H and O–H groups in total. The highest BCUT2D eigenvalue weighted by atomic mass is 35.5. The normalized spacial score (nSPS) is 13.1. The van der Waals surface area contributed by atoms with Gasteiger partial charge in [0.2, 0.25) is 0 Å². The summed E-state index contributed by atoms with van der Waals surface area (Å²) in [7, 11) is 0. The molecule has 3 nitrogen and oxygen atoms in total. The third-order valence-electron chi connectivity index (χ3n) is 3.32. The van der Waals surface area contributed by atoms with E-state index in [-0.39, 0.29) is 12.5 Å². The fraction of sp³-hybridized carbons (Fsp3) is 0.200. The van der Waals surface area contributed by atoms with Crippen molar-refractivity contribution in [1.82, 2.24) is 0 Å². The van der Waals surface area contributed by atoms with Crippen molar-refractivity contribution < 1.29 is 9.53 Å². The first kappa shape index (κ1) is 13.3. The molecule has 0 spiro atoms. The predicted octanol–water partition coefficient (Wildman–Crippen LogP) is 3.55. The molecule has 2 aromatic carbocycles. The van der Waals surface area contributed by atoms with E-state index in [0.29, 0.717) is 16.6 Å². The van der Waals surface area contributed by atoms with Gasteiger partial charge in [0.25, 0.3) is 0 Å². The van der Waals surface area contributed by atoms with Crippen molar-refractivity contribution in [2.75, 3.05) is 18.1 Å². The van der Waals surface area contributed by atoms with E-state index in [0.717, 1.165) is 22.0 Å². The van der Waals surface area contributed by atoms with Crippen LogP contribution in [0.1, 0.15) is 12.5 Å². The van der Waals surface area contributed by atoms with E-state index < -0.39 is 0 Å². The van der Waals surface area contributed by atoms with Gasteiger partial charge in [-0.3, -0.25) is 4.79 Å². The monoisotopic (exact) mass is 305 g/mol. The highest BCUT2D eigenvalue weighted by molar-refractivity contribution is 7.81. The molecule has 2 aromatic rings. The standard InChI is InChI=1S/C15H12ClNO2S/c1-2-19-13(18)8-17-12-7-6-11(16)9-4-3-5-10(14(9)12)15(17)20/h3-7H,2,8H2,1H3. The van der Waals surface area contributed by atoms with Crippen LogP contribution in [0.3, 0.4) is 0 Å². The Labute approximate surface area is 127 Å². The summed E-state index contributed by atoms with van der Waals surface area (Å²) in [5.74, 6) is -0.286. The number of esters is 1. The minimum atomic E-state index is -0.286. The molecule has 0 saturated carbocycles. The summed E-state index contributed by atoms with van der Waals surface area (Å²) in [4.78, 5) is 14.2. The van der Waals surface area contributed by atoms with Crippen molar-refractivity contribution in [2.24, 2.45) is 0 Å². The van der Waals surface area contributed by atoms with Gasteiger partial charge in [0.15, 0.2) is 0 Å². The molecule has 20 heavy (non-hydrogen) atoms. The van der Waals surface area contributed by atoms with Crippen LogP contribution >= 0.6 is 23.8 Å². The highest BCUT2D eigenvalue weighted by Crippen LogP contribution is 2.40. The van der Waals surface area contributed by atoms with Gasteiger partial charge in [0.05, 0.1) is 12.3 Å². The summed E-state index contributed by atoms with van der Waals surface area (Å²) in [5, 5.41) is 2.65. The topological polar surface area (TPSA) is 29.5 Å². The lowest BCUT2D eigenvalue weighted by Gasteiger charge is -2.18. The quantitative estimate of drug-likeness (QED) is 0.641. The van der Waals surface area contributed by atoms with Gasteiger partial charge in [-0.2, -0.15) is 0 Å². The minimum absolute atomic E-state index is 0.123. The van der Waals surface area contributed by atoms with Gasteiger partial charge in [0, 0.05) is 21.4 Å². The summed E-state index contributed by atoms with van der Waals surface area (Å²) in [6.45, 7) is 2.27. The number of carbonyl (C=O) groups excluding carboxylic acids is 1. The first-order valence-electron chi connectivity index (χ1n) is 6.32. The fourth-order valence-corrected chi connectivity index (χ4v) is 3.06. The number of nitrogens with zero attached hydrogens (tertiary/aromatic N) is 1. The lowest BCUT2D eigenvalue weighted by Crippen LogP contribution is -2.32. The van der Waals surface area contributed by atoms with Gasteiger partial charge in [-0.1, -0.05) is 42.0 Å². The highest BCUT2D eigenvalue weighted by Gasteiger charge is 2.28. The van der Waals surface area contributed by atoms with Gasteiger partial charge >= 0.3 is 5.97 Å². The second kappa shape index (κ2) is 5.04. The molecule has 1 heterocycles. The molecule has 0 aliphatic carbocycles. The summed E-state index contributed by atoms with van der Waals surface area (Å²) in [6.07, 6.45) is 0. The Hall–Kier alpha value is -1.65. The molecule has 5 heteroatoms. The van der Waals surface area contributed by atoms with Crippen molar-refractivity contribution in [3.63, 3.8) is 0 Å². The Morgan fingerprint density at radius 1 is 1.35 bits per heavy atom. The number of carbonyl (C=O) groups is 1. The first-order chi connectivity index (χ1) is 9.63. The molecule has 1 aliphatic heterocycles. The number of hydrogen-bond acceptors (Lipinski definition) is 3. The summed E-state index contributed by atoms with van der Waals surface area (Å²) in [5.41, 5.74) is 1.86. The molecule has 102 valence electrons. The third-order valence-corrected chi connectivity index (χ3v) is 4.09. The average molecular weight is 306 g/mol. The molecule has 1 aliphatic rings. The number of rotatable bonds is 3. The molecule has 0 amide bonds. The van der Waals surface area contributed by atoms with E-state index >= 15 is 0 Å². The number of thiocarbonyl (C=S) groups is 1. The van der Waals surface area contributed by atoms with Crippen LogP contribution in [0.15, 0.2) is 30.3 Å². The van der Waals surface area contributed by atoms with Crippen LogP contribution < -0.4 is 4.90 Å². The summed E-state index contributed by atoms with van der Waals surface area (Å²) >= 11 is 11.7. The lowest BCUT2D eigenvalue weighted by atomic mass is 10.1. The number of anilines is 1. The SMILES string of the molecule is CCOC(=O)CN1C(=S)c2cccc3c(Cl)ccc1c23. The van der Waals surface area contributed by atoms with Crippen LogP contribution in [0.2, 0.25) is 5.02 Å². The lowest BCUT2D eigenvalue weighted by molar-refractivity contribution is -0.141. The smallest absolute Gasteiger partial charge is 0.325 e. The van der Waals surface area contributed by atoms with Crippen LogP contribution in [0, 0.1) is 0 Å². The van der Waals surface area contributed by atoms with Gasteiger partial charge in [0.1, 0.15) is 11.5 Å². The van der Waals surface area contributed by atoms with Gasteiger partial charge < -0.3 is 9.64 Å². The van der Waals surface area contributed by atoms with Crippen molar-refractivity contribution in [3.8, 4) is 0 Å². The molecule has 0 aromatic heterocycles. The molecule has 0 atom stereocenters. The zero-order valence-electron chi connectivity index (χ0n) is 10.9. The van der Waals surface area contributed by atoms with E-state index in [1.807, 2.05) is 30.3 Å². The number of halogens is 1. The first-order valence-corrected chi connectivity index (χ1v) is 7.11. The Bertz CT molecular complexity index is 729. The molecule has 0 fully saturated rings. The van der Waals surface area contributed by atoms with E-state index in [1.54, 1.807) is 11.8 Å². The molecule has 0 bridgehead atoms. The molecular weight excluding hydrogens is 294 g/mol. The van der Waals surface area contributed by atoms with Crippen molar-refractivity contribution in [3.05, 3.63) is 40.9 Å². The Morgan fingerprint density at radius 3 is 2.90 bits per heavy atom. The predicted molar refractivity (Wildman–Crippen MR) is 84.6 cm³/mol. The summed E-state index contributed by atoms with van der Waals surface area (Å²) < 4.78 is 5.00. The van der Waals surface area contributed by atoms with Crippen LogP contribution in [0.5, 0.6) is 0 Å². The Kier molecular flexibility index (Phi) is 3.36. The molecular formula is C15H12ClNO2S. The van der Waals surface area contributed by atoms with Crippen molar-refractivity contribution in [2.45, 2.75) is 6.92 Å². The van der Waals surface area contributed by atoms with E-state index in [4.69, 9.17) is 28.6 Å². The van der Waals surface area contributed by atoms with Gasteiger partial charge in [-0.15, -0.1) is 0 Å².